The molecule has 2 amide bonds. The maximum Gasteiger partial charge on any atom is 0.242 e. The Morgan fingerprint density at radius 2 is 1.86 bits per heavy atom. The first-order valence-electron chi connectivity index (χ1n) is 7.67. The predicted molar refractivity (Wildman–Crippen MR) is 89.6 cm³/mol. The Morgan fingerprint density at radius 1 is 1.23 bits per heavy atom. The standard InChI is InChI=1S/C17H25ClN2O2/c1-5-16(21)20(11-14-8-6-7-9-15(14)18)13(4)17(22)19-10-12(2)3/h6-9,12-13H,5,10-11H2,1-4H3,(H,19,22). The van der Waals surface area contributed by atoms with Crippen molar-refractivity contribution in [2.45, 2.75) is 46.7 Å². The number of rotatable bonds is 7. The Morgan fingerprint density at radius 3 is 2.41 bits per heavy atom. The van der Waals surface area contributed by atoms with E-state index in [9.17, 15) is 9.59 Å². The van der Waals surface area contributed by atoms with Crippen molar-refractivity contribution in [3.05, 3.63) is 34.9 Å². The van der Waals surface area contributed by atoms with Crippen molar-refractivity contribution in [2.75, 3.05) is 6.54 Å². The maximum absolute atomic E-state index is 12.2. The van der Waals surface area contributed by atoms with E-state index in [-0.39, 0.29) is 11.8 Å². The lowest BCUT2D eigenvalue weighted by Gasteiger charge is -2.29. The molecule has 1 unspecified atom stereocenters. The van der Waals surface area contributed by atoms with Gasteiger partial charge in [-0.1, -0.05) is 50.6 Å². The lowest BCUT2D eigenvalue weighted by molar-refractivity contribution is -0.140. The Balaban J connectivity index is 2.86. The maximum atomic E-state index is 12.2. The summed E-state index contributed by atoms with van der Waals surface area (Å²) in [6.45, 7) is 8.54. The minimum absolute atomic E-state index is 0.0629. The van der Waals surface area contributed by atoms with Gasteiger partial charge in [0.05, 0.1) is 0 Å². The van der Waals surface area contributed by atoms with Gasteiger partial charge >= 0.3 is 0 Å². The lowest BCUT2D eigenvalue weighted by Crippen LogP contribution is -2.48. The summed E-state index contributed by atoms with van der Waals surface area (Å²) in [5.41, 5.74) is 0.842. The van der Waals surface area contributed by atoms with Crippen LogP contribution < -0.4 is 5.32 Å². The molecule has 0 aromatic heterocycles. The second-order valence-corrected chi connectivity index (χ2v) is 6.19. The lowest BCUT2D eigenvalue weighted by atomic mass is 10.1. The van der Waals surface area contributed by atoms with E-state index in [4.69, 9.17) is 11.6 Å². The van der Waals surface area contributed by atoms with Crippen LogP contribution in [0.3, 0.4) is 0 Å². The number of nitrogens with one attached hydrogen (secondary N) is 1. The number of hydrogen-bond acceptors (Lipinski definition) is 2. The molecule has 1 aromatic carbocycles. The van der Waals surface area contributed by atoms with Crippen molar-refractivity contribution in [3.63, 3.8) is 0 Å². The highest BCUT2D eigenvalue weighted by molar-refractivity contribution is 6.31. The predicted octanol–water partition coefficient (Wildman–Crippen LogP) is 3.24. The highest BCUT2D eigenvalue weighted by atomic mass is 35.5. The molecular formula is C17H25ClN2O2. The van der Waals surface area contributed by atoms with Gasteiger partial charge in [-0.3, -0.25) is 9.59 Å². The largest absolute Gasteiger partial charge is 0.354 e. The van der Waals surface area contributed by atoms with Crippen LogP contribution in [0.1, 0.15) is 39.7 Å². The van der Waals surface area contributed by atoms with Crippen LogP contribution in [0.15, 0.2) is 24.3 Å². The van der Waals surface area contributed by atoms with Crippen LogP contribution in [0, 0.1) is 5.92 Å². The average molecular weight is 325 g/mol. The molecule has 0 heterocycles. The Kier molecular flexibility index (Phi) is 7.39. The molecule has 0 saturated carbocycles. The van der Waals surface area contributed by atoms with Gasteiger partial charge in [-0.15, -0.1) is 0 Å². The van der Waals surface area contributed by atoms with Gasteiger partial charge in [0, 0.05) is 24.5 Å². The molecule has 22 heavy (non-hydrogen) atoms. The fourth-order valence-corrected chi connectivity index (χ4v) is 2.24. The van der Waals surface area contributed by atoms with Crippen LogP contribution in [0.5, 0.6) is 0 Å². The van der Waals surface area contributed by atoms with Crippen LogP contribution >= 0.6 is 11.6 Å². The van der Waals surface area contributed by atoms with Crippen molar-refractivity contribution in [2.24, 2.45) is 5.92 Å². The van der Waals surface area contributed by atoms with E-state index in [1.807, 2.05) is 32.0 Å². The summed E-state index contributed by atoms with van der Waals surface area (Å²) in [4.78, 5) is 26.0. The van der Waals surface area contributed by atoms with Crippen molar-refractivity contribution in [3.8, 4) is 0 Å². The smallest absolute Gasteiger partial charge is 0.242 e. The summed E-state index contributed by atoms with van der Waals surface area (Å²) in [6, 6.07) is 6.85. The highest BCUT2D eigenvalue weighted by Crippen LogP contribution is 2.19. The van der Waals surface area contributed by atoms with E-state index in [2.05, 4.69) is 5.32 Å². The first-order valence-corrected chi connectivity index (χ1v) is 8.05. The molecule has 0 spiro atoms. The Hall–Kier alpha value is -1.55. The summed E-state index contributed by atoms with van der Waals surface area (Å²) < 4.78 is 0. The molecule has 1 aromatic rings. The van der Waals surface area contributed by atoms with E-state index in [1.165, 1.54) is 0 Å². The van der Waals surface area contributed by atoms with Gasteiger partial charge in [0.1, 0.15) is 6.04 Å². The molecule has 0 fully saturated rings. The van der Waals surface area contributed by atoms with E-state index in [0.717, 1.165) is 5.56 Å². The van der Waals surface area contributed by atoms with E-state index >= 15 is 0 Å². The second kappa shape index (κ2) is 8.79. The highest BCUT2D eigenvalue weighted by Gasteiger charge is 2.25. The van der Waals surface area contributed by atoms with Gasteiger partial charge in [-0.2, -0.15) is 0 Å². The number of nitrogens with zero attached hydrogens (tertiary/aromatic N) is 1. The number of carbonyl (C=O) groups excluding carboxylic acids is 2. The number of halogens is 1. The van der Waals surface area contributed by atoms with Crippen molar-refractivity contribution < 1.29 is 9.59 Å². The molecule has 122 valence electrons. The molecule has 1 N–H and O–H groups in total. The normalized spacial score (nSPS) is 12.1. The quantitative estimate of drug-likeness (QED) is 0.837. The van der Waals surface area contributed by atoms with Crippen LogP contribution in [-0.4, -0.2) is 29.3 Å². The van der Waals surface area contributed by atoms with Crippen LogP contribution in [0.4, 0.5) is 0 Å². The zero-order valence-corrected chi connectivity index (χ0v) is 14.5. The van der Waals surface area contributed by atoms with Crippen molar-refractivity contribution in [1.82, 2.24) is 10.2 Å². The van der Waals surface area contributed by atoms with Gasteiger partial charge in [0.15, 0.2) is 0 Å². The summed E-state index contributed by atoms with van der Waals surface area (Å²) in [5.74, 6) is 0.171. The topological polar surface area (TPSA) is 49.4 Å². The minimum atomic E-state index is -0.525. The number of amides is 2. The molecule has 0 aliphatic carbocycles. The zero-order valence-electron chi connectivity index (χ0n) is 13.7. The number of benzene rings is 1. The molecule has 0 radical (unpaired) electrons. The summed E-state index contributed by atoms with van der Waals surface area (Å²) in [7, 11) is 0. The van der Waals surface area contributed by atoms with Crippen LogP contribution in [0.25, 0.3) is 0 Å². The molecular weight excluding hydrogens is 300 g/mol. The van der Waals surface area contributed by atoms with Gasteiger partial charge < -0.3 is 10.2 Å². The van der Waals surface area contributed by atoms with Crippen molar-refractivity contribution in [1.29, 1.82) is 0 Å². The minimum Gasteiger partial charge on any atom is -0.354 e. The van der Waals surface area contributed by atoms with E-state index in [1.54, 1.807) is 24.8 Å². The molecule has 0 aliphatic rings. The van der Waals surface area contributed by atoms with Gasteiger partial charge in [0.2, 0.25) is 11.8 Å². The first kappa shape index (κ1) is 18.5. The second-order valence-electron chi connectivity index (χ2n) is 5.78. The fraction of sp³-hybridized carbons (Fsp3) is 0.529. The fourth-order valence-electron chi connectivity index (χ4n) is 2.05. The molecule has 1 atom stereocenters. The average Bonchev–Trinajstić information content (AvgIpc) is 2.50. The van der Waals surface area contributed by atoms with Gasteiger partial charge in [-0.05, 0) is 24.5 Å². The number of hydrogen-bond donors (Lipinski definition) is 1. The van der Waals surface area contributed by atoms with E-state index in [0.29, 0.717) is 30.5 Å². The van der Waals surface area contributed by atoms with Crippen molar-refractivity contribution >= 4 is 23.4 Å². The van der Waals surface area contributed by atoms with E-state index < -0.39 is 6.04 Å². The molecule has 0 aliphatic heterocycles. The number of carbonyl (C=O) groups is 2. The third-order valence-electron chi connectivity index (χ3n) is 3.45. The molecule has 5 heteroatoms. The first-order chi connectivity index (χ1) is 10.4. The SMILES string of the molecule is CCC(=O)N(Cc1ccccc1Cl)C(C)C(=O)NCC(C)C. The third-order valence-corrected chi connectivity index (χ3v) is 3.82. The summed E-state index contributed by atoms with van der Waals surface area (Å²) >= 11 is 6.16. The monoisotopic (exact) mass is 324 g/mol. The van der Waals surface area contributed by atoms with Crippen LogP contribution in [0.2, 0.25) is 5.02 Å². The summed E-state index contributed by atoms with van der Waals surface area (Å²) in [6.07, 6.45) is 0.353. The summed E-state index contributed by atoms with van der Waals surface area (Å²) in [5, 5.41) is 3.48. The van der Waals surface area contributed by atoms with Gasteiger partial charge in [-0.25, -0.2) is 0 Å². The van der Waals surface area contributed by atoms with Crippen LogP contribution in [-0.2, 0) is 16.1 Å². The zero-order chi connectivity index (χ0) is 16.7. The van der Waals surface area contributed by atoms with Gasteiger partial charge in [0.25, 0.3) is 0 Å². The molecule has 1 rings (SSSR count). The Labute approximate surface area is 137 Å². The molecule has 4 nitrogen and oxygen atoms in total. The molecule has 0 saturated heterocycles. The third kappa shape index (κ3) is 5.34. The molecule has 0 bridgehead atoms. The Bertz CT molecular complexity index is 517.